The number of likely N-dealkylation sites (tertiary alicyclic amines) is 1. The van der Waals surface area contributed by atoms with Crippen LogP contribution in [0.15, 0.2) is 18.6 Å². The highest BCUT2D eigenvalue weighted by Crippen LogP contribution is 2.49. The first-order valence-electron chi connectivity index (χ1n) is 8.53. The van der Waals surface area contributed by atoms with Crippen molar-refractivity contribution in [3.8, 4) is 0 Å². The van der Waals surface area contributed by atoms with E-state index >= 15 is 0 Å². The Labute approximate surface area is 157 Å². The second-order valence-electron chi connectivity index (χ2n) is 6.77. The molecule has 0 bridgehead atoms. The van der Waals surface area contributed by atoms with Gasteiger partial charge in [-0.05, 0) is 6.42 Å². The van der Waals surface area contributed by atoms with E-state index in [-0.39, 0.29) is 13.0 Å². The van der Waals surface area contributed by atoms with Crippen molar-refractivity contribution in [2.75, 3.05) is 44.2 Å². The molecule has 12 heteroatoms. The Bertz CT molecular complexity index is 661. The number of aromatic nitrogens is 2. The Balaban J connectivity index is 0.000000345. The van der Waals surface area contributed by atoms with Gasteiger partial charge >= 0.3 is 12.1 Å². The second kappa shape index (κ2) is 8.52. The van der Waals surface area contributed by atoms with Crippen molar-refractivity contribution in [1.29, 1.82) is 0 Å². The van der Waals surface area contributed by atoms with Gasteiger partial charge in [-0.25, -0.2) is 18.6 Å². The fraction of sp³-hybridized carbons (Fsp3) is 0.688. The Hall–Kier alpha value is -2.08. The van der Waals surface area contributed by atoms with Gasteiger partial charge in [-0.1, -0.05) is 0 Å². The van der Waals surface area contributed by atoms with Gasteiger partial charge in [0.1, 0.15) is 5.82 Å². The number of carbonyl (C=O) groups is 1. The zero-order valence-electron chi connectivity index (χ0n) is 14.9. The summed E-state index contributed by atoms with van der Waals surface area (Å²) in [6.45, 7) is 2.01. The van der Waals surface area contributed by atoms with Crippen LogP contribution in [0.2, 0.25) is 0 Å². The van der Waals surface area contributed by atoms with Crippen LogP contribution in [0.25, 0.3) is 0 Å². The summed E-state index contributed by atoms with van der Waals surface area (Å²) in [5, 5.41) is 16.2. The van der Waals surface area contributed by atoms with E-state index in [1.54, 1.807) is 18.6 Å². The van der Waals surface area contributed by atoms with Gasteiger partial charge in [0.2, 0.25) is 0 Å². The maximum absolute atomic E-state index is 14.5. The van der Waals surface area contributed by atoms with Gasteiger partial charge in [0.05, 0.1) is 18.2 Å². The summed E-state index contributed by atoms with van der Waals surface area (Å²) in [4.78, 5) is 20.9. The maximum Gasteiger partial charge on any atom is 0.490 e. The number of halogens is 5. The van der Waals surface area contributed by atoms with Crippen LogP contribution in [0, 0.1) is 5.41 Å². The maximum atomic E-state index is 14.5. The Morgan fingerprint density at radius 3 is 2.39 bits per heavy atom. The van der Waals surface area contributed by atoms with Gasteiger partial charge in [-0.2, -0.15) is 13.2 Å². The third-order valence-corrected chi connectivity index (χ3v) is 4.93. The Morgan fingerprint density at radius 2 is 1.86 bits per heavy atom. The number of aliphatic hydroxyl groups is 1. The van der Waals surface area contributed by atoms with Crippen molar-refractivity contribution in [3.63, 3.8) is 0 Å². The number of anilines is 1. The molecule has 3 heterocycles. The van der Waals surface area contributed by atoms with E-state index in [0.717, 1.165) is 0 Å². The highest BCUT2D eigenvalue weighted by molar-refractivity contribution is 5.73. The number of β-amino-alcohol motifs (C(OH)–C–C–N with tert-alkyl or cyclic N) is 1. The minimum absolute atomic E-state index is 0.00945. The third kappa shape index (κ3) is 5.04. The van der Waals surface area contributed by atoms with Crippen LogP contribution in [0.3, 0.4) is 0 Å². The molecule has 2 N–H and O–H groups in total. The number of alkyl halides is 5. The normalized spacial score (nSPS) is 24.7. The molecule has 2 aliphatic rings. The first-order chi connectivity index (χ1) is 13.0. The second-order valence-corrected chi connectivity index (χ2v) is 6.77. The highest BCUT2D eigenvalue weighted by atomic mass is 19.4. The van der Waals surface area contributed by atoms with Crippen LogP contribution >= 0.6 is 0 Å². The number of hydrogen-bond acceptors (Lipinski definition) is 6. The molecule has 0 amide bonds. The van der Waals surface area contributed by atoms with E-state index in [1.165, 1.54) is 0 Å². The van der Waals surface area contributed by atoms with Gasteiger partial charge in [0, 0.05) is 51.5 Å². The lowest BCUT2D eigenvalue weighted by atomic mass is 9.75. The molecule has 3 rings (SSSR count). The standard InChI is InChI=1S/C14H20F2N4O.C2HF3O2/c15-14(16)2-5-19(7-8-21)10-13(14)1-6-20(11-13)12-9-17-3-4-18-12;3-2(4,5)1(6)7/h3-4,9,21H,1-2,5-8,10-11H2;(H,6,7). The highest BCUT2D eigenvalue weighted by Gasteiger charge is 2.59. The molecule has 1 unspecified atom stereocenters. The quantitative estimate of drug-likeness (QED) is 0.730. The molecule has 0 aromatic carbocycles. The molecular weight excluding hydrogens is 391 g/mol. The Morgan fingerprint density at radius 1 is 1.18 bits per heavy atom. The molecule has 0 aliphatic carbocycles. The summed E-state index contributed by atoms with van der Waals surface area (Å²) in [6.07, 6.45) is -0.00374. The molecule has 7 nitrogen and oxygen atoms in total. The zero-order valence-corrected chi connectivity index (χ0v) is 14.9. The predicted molar refractivity (Wildman–Crippen MR) is 88.1 cm³/mol. The monoisotopic (exact) mass is 412 g/mol. The fourth-order valence-corrected chi connectivity index (χ4v) is 3.47. The lowest BCUT2D eigenvalue weighted by Crippen LogP contribution is -2.57. The average molecular weight is 412 g/mol. The summed E-state index contributed by atoms with van der Waals surface area (Å²) < 4.78 is 60.8. The summed E-state index contributed by atoms with van der Waals surface area (Å²) in [7, 11) is 0. The largest absolute Gasteiger partial charge is 0.490 e. The summed E-state index contributed by atoms with van der Waals surface area (Å²) >= 11 is 0. The molecule has 2 fully saturated rings. The van der Waals surface area contributed by atoms with Gasteiger partial charge in [-0.3, -0.25) is 9.88 Å². The van der Waals surface area contributed by atoms with E-state index in [2.05, 4.69) is 9.97 Å². The zero-order chi connectivity index (χ0) is 21.0. The molecule has 28 heavy (non-hydrogen) atoms. The number of aliphatic carboxylic acids is 1. The summed E-state index contributed by atoms with van der Waals surface area (Å²) in [6, 6.07) is 0. The van der Waals surface area contributed by atoms with Gasteiger partial charge in [0.25, 0.3) is 5.92 Å². The topological polar surface area (TPSA) is 89.8 Å². The molecule has 0 saturated carbocycles. The molecule has 1 aromatic rings. The van der Waals surface area contributed by atoms with Crippen LogP contribution in [0.1, 0.15) is 12.8 Å². The summed E-state index contributed by atoms with van der Waals surface area (Å²) in [5.41, 5.74) is -1.04. The van der Waals surface area contributed by atoms with E-state index < -0.39 is 23.5 Å². The van der Waals surface area contributed by atoms with E-state index in [9.17, 15) is 22.0 Å². The van der Waals surface area contributed by atoms with Gasteiger partial charge in [0.15, 0.2) is 0 Å². The van der Waals surface area contributed by atoms with Crippen LogP contribution in [0.4, 0.5) is 27.8 Å². The number of hydrogen-bond donors (Lipinski definition) is 2. The molecule has 2 aliphatic heterocycles. The minimum atomic E-state index is -5.08. The van der Waals surface area contributed by atoms with Gasteiger partial charge < -0.3 is 15.1 Å². The van der Waals surface area contributed by atoms with Crippen LogP contribution in [-0.4, -0.2) is 82.5 Å². The third-order valence-electron chi connectivity index (χ3n) is 4.93. The number of nitrogens with zero attached hydrogens (tertiary/aromatic N) is 4. The number of carboxylic acids is 1. The van der Waals surface area contributed by atoms with Crippen molar-refractivity contribution < 1.29 is 37.0 Å². The first-order valence-corrected chi connectivity index (χ1v) is 8.53. The van der Waals surface area contributed by atoms with Crippen molar-refractivity contribution in [2.24, 2.45) is 5.41 Å². The molecule has 2 saturated heterocycles. The number of piperidine rings is 1. The van der Waals surface area contributed by atoms with Crippen LogP contribution in [0.5, 0.6) is 0 Å². The smallest absolute Gasteiger partial charge is 0.475 e. The fourth-order valence-electron chi connectivity index (χ4n) is 3.47. The summed E-state index contributed by atoms with van der Waals surface area (Å²) in [5.74, 6) is -4.77. The molecule has 1 spiro atoms. The van der Waals surface area contributed by atoms with E-state index in [4.69, 9.17) is 15.0 Å². The first kappa shape index (κ1) is 22.2. The number of carboxylic acid groups (broad SMARTS) is 1. The van der Waals surface area contributed by atoms with Crippen LogP contribution in [-0.2, 0) is 4.79 Å². The molecule has 0 radical (unpaired) electrons. The Kier molecular flexibility index (Phi) is 6.75. The van der Waals surface area contributed by atoms with E-state index in [1.807, 2.05) is 9.80 Å². The van der Waals surface area contributed by atoms with Crippen molar-refractivity contribution >= 4 is 11.8 Å². The SMILES string of the molecule is O=C(O)C(F)(F)F.OCCN1CCC(F)(F)C2(CCN(c3cnccn3)C2)C1. The van der Waals surface area contributed by atoms with E-state index in [0.29, 0.717) is 45.0 Å². The molecular formula is C16H21F5N4O3. The van der Waals surface area contributed by atoms with Gasteiger partial charge in [-0.15, -0.1) is 0 Å². The van der Waals surface area contributed by atoms with Crippen molar-refractivity contribution in [3.05, 3.63) is 18.6 Å². The average Bonchev–Trinajstić information content (AvgIpc) is 3.05. The lowest BCUT2D eigenvalue weighted by Gasteiger charge is -2.45. The van der Waals surface area contributed by atoms with Crippen molar-refractivity contribution in [1.82, 2.24) is 14.9 Å². The molecule has 1 aromatic heterocycles. The predicted octanol–water partition coefficient (Wildman–Crippen LogP) is 1.64. The molecule has 1 atom stereocenters. The molecule has 158 valence electrons. The van der Waals surface area contributed by atoms with Crippen molar-refractivity contribution in [2.45, 2.75) is 24.9 Å². The van der Waals surface area contributed by atoms with Crippen LogP contribution < -0.4 is 4.90 Å². The number of aliphatic hydroxyl groups excluding tert-OH is 1. The number of rotatable bonds is 3. The minimum Gasteiger partial charge on any atom is -0.475 e. The lowest BCUT2D eigenvalue weighted by molar-refractivity contribution is -0.192.